The zero-order valence-electron chi connectivity index (χ0n) is 15.6. The smallest absolute Gasteiger partial charge is 0.358 e. The molecule has 2 heterocycles. The first-order valence-electron chi connectivity index (χ1n) is 9.71. The molecule has 1 aliphatic carbocycles. The number of H-pyrrole nitrogens is 1. The van der Waals surface area contributed by atoms with Gasteiger partial charge < -0.3 is 19.4 Å². The molecule has 6 nitrogen and oxygen atoms in total. The Bertz CT molecular complexity index is 560. The van der Waals surface area contributed by atoms with Crippen molar-refractivity contribution >= 4 is 5.97 Å². The molecule has 1 aromatic heterocycles. The lowest BCUT2D eigenvalue weighted by Crippen LogP contribution is -2.36. The Morgan fingerprint density at radius 2 is 2.04 bits per heavy atom. The van der Waals surface area contributed by atoms with Crippen molar-refractivity contribution in [3.05, 3.63) is 17.2 Å². The van der Waals surface area contributed by atoms with Gasteiger partial charge in [-0.25, -0.2) is 9.78 Å². The topological polar surface area (TPSA) is 67.4 Å². The zero-order chi connectivity index (χ0) is 17.6. The number of ether oxygens (including phenoxy) is 2. The first-order valence-corrected chi connectivity index (χ1v) is 9.71. The average molecular weight is 349 g/mol. The fourth-order valence-electron chi connectivity index (χ4n) is 3.61. The number of nitrogens with one attached hydrogen (secondary N) is 1. The number of aromatic nitrogens is 2. The molecular formula is C19H31N3O3. The van der Waals surface area contributed by atoms with E-state index in [-0.39, 0.29) is 5.97 Å². The molecule has 0 bridgehead atoms. The molecule has 0 radical (unpaired) electrons. The van der Waals surface area contributed by atoms with E-state index in [1.807, 2.05) is 13.8 Å². The van der Waals surface area contributed by atoms with Gasteiger partial charge in [-0.3, -0.25) is 0 Å². The fraction of sp³-hybridized carbons (Fsp3) is 0.789. The number of carbonyl (C=O) groups excluding carboxylic acids is 1. The molecule has 3 rings (SSSR count). The number of imidazole rings is 1. The molecule has 1 aromatic rings. The second-order valence-corrected chi connectivity index (χ2v) is 7.30. The Morgan fingerprint density at radius 1 is 1.28 bits per heavy atom. The minimum absolute atomic E-state index is 0.330. The number of rotatable bonds is 8. The minimum Gasteiger partial charge on any atom is -0.461 e. The van der Waals surface area contributed by atoms with Crippen LogP contribution in [0.4, 0.5) is 0 Å². The minimum atomic E-state index is -0.330. The van der Waals surface area contributed by atoms with Crippen LogP contribution in [0.1, 0.15) is 67.0 Å². The van der Waals surface area contributed by atoms with E-state index in [0.717, 1.165) is 63.1 Å². The molecule has 25 heavy (non-hydrogen) atoms. The number of carbonyl (C=O) groups is 1. The summed E-state index contributed by atoms with van der Waals surface area (Å²) in [5.74, 6) is 1.82. The van der Waals surface area contributed by atoms with E-state index in [2.05, 4.69) is 14.9 Å². The Morgan fingerprint density at radius 3 is 2.68 bits per heavy atom. The van der Waals surface area contributed by atoms with E-state index in [9.17, 15) is 4.79 Å². The van der Waals surface area contributed by atoms with Crippen LogP contribution >= 0.6 is 0 Å². The van der Waals surface area contributed by atoms with E-state index in [1.54, 1.807) is 0 Å². The van der Waals surface area contributed by atoms with Gasteiger partial charge in [0.2, 0.25) is 0 Å². The van der Waals surface area contributed by atoms with Crippen molar-refractivity contribution < 1.29 is 14.3 Å². The quantitative estimate of drug-likeness (QED) is 0.577. The summed E-state index contributed by atoms with van der Waals surface area (Å²) in [6, 6.07) is 0. The van der Waals surface area contributed by atoms with Gasteiger partial charge >= 0.3 is 5.97 Å². The van der Waals surface area contributed by atoms with E-state index in [4.69, 9.17) is 9.47 Å². The van der Waals surface area contributed by atoms with Gasteiger partial charge in [0.05, 0.1) is 13.2 Å². The number of aryl methyl sites for hydroxylation is 1. The summed E-state index contributed by atoms with van der Waals surface area (Å²) in [7, 11) is 0. The molecule has 1 saturated carbocycles. The molecule has 2 aliphatic rings. The number of aromatic amines is 1. The summed E-state index contributed by atoms with van der Waals surface area (Å²) in [5, 5.41) is 0. The monoisotopic (exact) mass is 349 g/mol. The largest absolute Gasteiger partial charge is 0.461 e. The van der Waals surface area contributed by atoms with Crippen molar-refractivity contribution in [3.63, 3.8) is 0 Å². The number of nitrogens with zero attached hydrogens (tertiary/aromatic N) is 2. The van der Waals surface area contributed by atoms with Crippen molar-refractivity contribution in [2.45, 2.75) is 51.9 Å². The van der Waals surface area contributed by atoms with Gasteiger partial charge in [0.25, 0.3) is 0 Å². The van der Waals surface area contributed by atoms with Crippen molar-refractivity contribution in [1.29, 1.82) is 0 Å². The first-order chi connectivity index (χ1) is 12.2. The summed E-state index contributed by atoms with van der Waals surface area (Å²) < 4.78 is 10.9. The van der Waals surface area contributed by atoms with Crippen LogP contribution in [-0.4, -0.2) is 60.3 Å². The molecule has 2 fully saturated rings. The first kappa shape index (κ1) is 18.4. The van der Waals surface area contributed by atoms with Gasteiger partial charge in [-0.2, -0.15) is 0 Å². The summed E-state index contributed by atoms with van der Waals surface area (Å²) in [5.41, 5.74) is 1.24. The molecule has 140 valence electrons. The summed E-state index contributed by atoms with van der Waals surface area (Å²) in [4.78, 5) is 22.2. The number of likely N-dealkylation sites (tertiary alicyclic amines) is 1. The molecule has 1 saturated heterocycles. The van der Waals surface area contributed by atoms with Crippen LogP contribution in [0.25, 0.3) is 0 Å². The van der Waals surface area contributed by atoms with E-state index >= 15 is 0 Å². The van der Waals surface area contributed by atoms with E-state index in [0.29, 0.717) is 18.2 Å². The number of hydrogen-bond donors (Lipinski definition) is 1. The highest BCUT2D eigenvalue weighted by Gasteiger charge is 2.25. The molecule has 1 N–H and O–H groups in total. The molecule has 6 heteroatoms. The van der Waals surface area contributed by atoms with Gasteiger partial charge in [-0.1, -0.05) is 6.42 Å². The second-order valence-electron chi connectivity index (χ2n) is 7.30. The maximum Gasteiger partial charge on any atom is 0.358 e. The van der Waals surface area contributed by atoms with Crippen LogP contribution in [-0.2, 0) is 9.47 Å². The third-order valence-corrected chi connectivity index (χ3v) is 5.48. The number of hydrogen-bond acceptors (Lipinski definition) is 5. The van der Waals surface area contributed by atoms with Crippen LogP contribution in [0.5, 0.6) is 0 Å². The van der Waals surface area contributed by atoms with Crippen LogP contribution in [0.3, 0.4) is 0 Å². The highest BCUT2D eigenvalue weighted by Crippen LogP contribution is 2.28. The van der Waals surface area contributed by atoms with Crippen LogP contribution in [0, 0.1) is 12.8 Å². The van der Waals surface area contributed by atoms with Crippen LogP contribution < -0.4 is 0 Å². The normalized spacial score (nSPS) is 19.8. The lowest BCUT2D eigenvalue weighted by molar-refractivity contribution is 0.0500. The van der Waals surface area contributed by atoms with Gasteiger partial charge in [0.1, 0.15) is 5.82 Å². The van der Waals surface area contributed by atoms with Crippen molar-refractivity contribution in [1.82, 2.24) is 14.9 Å². The van der Waals surface area contributed by atoms with Crippen molar-refractivity contribution in [2.24, 2.45) is 5.92 Å². The van der Waals surface area contributed by atoms with Crippen molar-refractivity contribution in [2.75, 3.05) is 39.5 Å². The average Bonchev–Trinajstić information content (AvgIpc) is 2.96. The number of esters is 1. The van der Waals surface area contributed by atoms with Crippen LogP contribution in [0.15, 0.2) is 0 Å². The lowest BCUT2D eigenvalue weighted by atomic mass is 9.86. The van der Waals surface area contributed by atoms with Gasteiger partial charge in [-0.15, -0.1) is 0 Å². The molecule has 0 atom stereocenters. The SMILES string of the molecule is CCOC(=O)c1nc(C2CCN(CCOCC3CCC3)CC2)[nH]c1C. The summed E-state index contributed by atoms with van der Waals surface area (Å²) in [6.07, 6.45) is 6.21. The van der Waals surface area contributed by atoms with Crippen LogP contribution in [0.2, 0.25) is 0 Å². The molecular weight excluding hydrogens is 318 g/mol. The highest BCUT2D eigenvalue weighted by atomic mass is 16.5. The molecule has 0 aromatic carbocycles. The van der Waals surface area contributed by atoms with E-state index in [1.165, 1.54) is 19.3 Å². The standard InChI is InChI=1S/C19H31N3O3/c1-3-25-19(23)17-14(2)20-18(21-17)16-7-9-22(10-8-16)11-12-24-13-15-5-4-6-15/h15-16H,3-13H2,1-2H3,(H,20,21). The van der Waals surface area contributed by atoms with Gasteiger partial charge in [-0.05, 0) is 58.5 Å². The summed E-state index contributed by atoms with van der Waals surface area (Å²) >= 11 is 0. The fourth-order valence-corrected chi connectivity index (χ4v) is 3.61. The second kappa shape index (κ2) is 8.81. The van der Waals surface area contributed by atoms with Gasteiger partial charge in [0.15, 0.2) is 5.69 Å². The lowest BCUT2D eigenvalue weighted by Gasteiger charge is -2.31. The Kier molecular flexibility index (Phi) is 6.48. The predicted molar refractivity (Wildman–Crippen MR) is 95.9 cm³/mol. The Hall–Kier alpha value is -1.40. The molecule has 0 unspecified atom stereocenters. The molecule has 0 amide bonds. The third kappa shape index (κ3) is 4.82. The maximum absolute atomic E-state index is 11.9. The Labute approximate surface area is 150 Å². The van der Waals surface area contributed by atoms with Crippen molar-refractivity contribution in [3.8, 4) is 0 Å². The maximum atomic E-state index is 11.9. The molecule has 1 aliphatic heterocycles. The zero-order valence-corrected chi connectivity index (χ0v) is 15.6. The molecule has 0 spiro atoms. The predicted octanol–water partition coefficient (Wildman–Crippen LogP) is 2.89. The van der Waals surface area contributed by atoms with E-state index < -0.39 is 0 Å². The summed E-state index contributed by atoms with van der Waals surface area (Å²) in [6.45, 7) is 9.00. The Balaban J connectivity index is 1.41. The number of piperidine rings is 1. The third-order valence-electron chi connectivity index (χ3n) is 5.48. The highest BCUT2D eigenvalue weighted by molar-refractivity contribution is 5.88. The van der Waals surface area contributed by atoms with Gasteiger partial charge in [0, 0.05) is 24.8 Å².